The highest BCUT2D eigenvalue weighted by Crippen LogP contribution is 2.40. The van der Waals surface area contributed by atoms with Gasteiger partial charge in [0.2, 0.25) is 15.9 Å². The molecule has 1 aliphatic rings. The molecule has 0 bridgehead atoms. The summed E-state index contributed by atoms with van der Waals surface area (Å²) in [5, 5.41) is 13.8. The van der Waals surface area contributed by atoms with Gasteiger partial charge in [0.15, 0.2) is 0 Å². The van der Waals surface area contributed by atoms with Gasteiger partial charge in [-0.25, -0.2) is 27.1 Å². The van der Waals surface area contributed by atoms with Crippen molar-refractivity contribution in [2.24, 2.45) is 11.0 Å². The predicted octanol–water partition coefficient (Wildman–Crippen LogP) is 4.96. The molecule has 0 spiro atoms. The minimum Gasteiger partial charge on any atom is -0.349 e. The quantitative estimate of drug-likeness (QED) is 0.193. The van der Waals surface area contributed by atoms with E-state index in [1.54, 1.807) is 0 Å². The van der Waals surface area contributed by atoms with Gasteiger partial charge in [-0.3, -0.25) is 9.78 Å². The van der Waals surface area contributed by atoms with Gasteiger partial charge in [-0.15, -0.1) is 0 Å². The number of carbonyl (C=O) groups is 1. The number of sulfonamides is 1. The van der Waals surface area contributed by atoms with Crippen LogP contribution in [0.1, 0.15) is 43.5 Å². The van der Waals surface area contributed by atoms with Crippen molar-refractivity contribution in [1.29, 1.82) is 10.9 Å². The number of hydrogen-bond donors (Lipinski definition) is 3. The summed E-state index contributed by atoms with van der Waals surface area (Å²) >= 11 is 0. The minimum atomic E-state index is -4.67. The zero-order valence-electron chi connectivity index (χ0n) is 21.1. The van der Waals surface area contributed by atoms with Crippen LogP contribution in [0, 0.1) is 22.7 Å². The molecule has 1 aromatic heterocycles. The number of carbonyl (C=O) groups excluding carboxylic acids is 1. The Hall–Kier alpha value is -3.40. The van der Waals surface area contributed by atoms with Crippen molar-refractivity contribution < 1.29 is 39.6 Å². The van der Waals surface area contributed by atoms with Gasteiger partial charge in [-0.2, -0.15) is 22.6 Å². The zero-order valence-corrected chi connectivity index (χ0v) is 21.9. The first-order valence-electron chi connectivity index (χ1n) is 12.0. The van der Waals surface area contributed by atoms with Crippen molar-refractivity contribution in [1.82, 2.24) is 14.6 Å². The van der Waals surface area contributed by atoms with Gasteiger partial charge in [0.05, 0.1) is 11.4 Å². The largest absolute Gasteiger partial charge is 0.433 e. The van der Waals surface area contributed by atoms with E-state index in [-0.39, 0.29) is 22.6 Å². The Kier molecular flexibility index (Phi) is 9.34. The lowest BCUT2D eigenvalue weighted by Gasteiger charge is -2.24. The molecular formula is C24H26F6N6O3S. The van der Waals surface area contributed by atoms with Crippen LogP contribution in [-0.4, -0.2) is 54.4 Å². The number of halogens is 6. The number of amides is 1. The van der Waals surface area contributed by atoms with Crippen LogP contribution >= 0.6 is 0 Å². The molecule has 1 fully saturated rings. The maximum atomic E-state index is 14.5. The Morgan fingerprint density at radius 3 is 2.35 bits per heavy atom. The molecule has 0 saturated carbocycles. The maximum Gasteiger partial charge on any atom is 0.433 e. The van der Waals surface area contributed by atoms with Gasteiger partial charge >= 0.3 is 6.18 Å². The molecule has 1 aromatic carbocycles. The maximum absolute atomic E-state index is 14.5. The molecule has 0 aliphatic carbocycles. The summed E-state index contributed by atoms with van der Waals surface area (Å²) in [5.41, 5.74) is 6.09. The van der Waals surface area contributed by atoms with E-state index in [0.717, 1.165) is 36.5 Å². The SMILES string of the molecule is CCC(F)(F)C1CC(C(=O)NCC(=N)CC(N=N)c2ccc(C(F)(F)F)nc2)N(S(=O)(=O)c2ccc(F)cc2)C1. The summed E-state index contributed by atoms with van der Waals surface area (Å²) in [7, 11) is -4.47. The molecule has 16 heteroatoms. The van der Waals surface area contributed by atoms with Crippen molar-refractivity contribution in [3.63, 3.8) is 0 Å². The van der Waals surface area contributed by atoms with Crippen LogP contribution in [0.3, 0.4) is 0 Å². The molecule has 3 rings (SSSR count). The second-order valence-corrected chi connectivity index (χ2v) is 11.1. The third kappa shape index (κ3) is 7.02. The van der Waals surface area contributed by atoms with Crippen molar-refractivity contribution in [2.45, 2.75) is 55.3 Å². The predicted molar refractivity (Wildman–Crippen MR) is 130 cm³/mol. The van der Waals surface area contributed by atoms with Gasteiger partial charge in [0.1, 0.15) is 23.6 Å². The van der Waals surface area contributed by atoms with Gasteiger partial charge < -0.3 is 10.7 Å². The zero-order chi connectivity index (χ0) is 29.9. The number of alkyl halides is 5. The monoisotopic (exact) mass is 592 g/mol. The molecule has 0 radical (unpaired) electrons. The Morgan fingerprint density at radius 2 is 1.82 bits per heavy atom. The molecule has 1 saturated heterocycles. The van der Waals surface area contributed by atoms with Crippen molar-refractivity contribution in [2.75, 3.05) is 13.1 Å². The summed E-state index contributed by atoms with van der Waals surface area (Å²) in [6.07, 6.45) is -5.15. The van der Waals surface area contributed by atoms with E-state index in [2.05, 4.69) is 15.4 Å². The fourth-order valence-electron chi connectivity index (χ4n) is 4.27. The fourth-order valence-corrected chi connectivity index (χ4v) is 5.92. The normalized spacial score (nSPS) is 19.3. The number of aromatic nitrogens is 1. The average Bonchev–Trinajstić information content (AvgIpc) is 3.38. The number of rotatable bonds is 11. The molecule has 1 aliphatic heterocycles. The van der Waals surface area contributed by atoms with Crippen LogP contribution in [0.25, 0.3) is 0 Å². The van der Waals surface area contributed by atoms with Crippen molar-refractivity contribution >= 4 is 21.6 Å². The molecule has 218 valence electrons. The lowest BCUT2D eigenvalue weighted by atomic mass is 9.96. The first-order chi connectivity index (χ1) is 18.6. The topological polar surface area (TPSA) is 139 Å². The Bertz CT molecular complexity index is 1340. The molecular weight excluding hydrogens is 566 g/mol. The Labute approximate surface area is 226 Å². The lowest BCUT2D eigenvalue weighted by Crippen LogP contribution is -2.47. The highest BCUT2D eigenvalue weighted by Gasteiger charge is 2.51. The summed E-state index contributed by atoms with van der Waals surface area (Å²) in [5.74, 6) is -6.40. The van der Waals surface area contributed by atoms with E-state index in [1.807, 2.05) is 0 Å². The molecule has 3 unspecified atom stereocenters. The molecule has 2 aromatic rings. The van der Waals surface area contributed by atoms with Crippen molar-refractivity contribution in [3.05, 3.63) is 59.7 Å². The van der Waals surface area contributed by atoms with E-state index >= 15 is 0 Å². The number of pyridine rings is 1. The van der Waals surface area contributed by atoms with Gasteiger partial charge in [-0.05, 0) is 42.3 Å². The Balaban J connectivity index is 1.73. The third-order valence-electron chi connectivity index (χ3n) is 6.58. The summed E-state index contributed by atoms with van der Waals surface area (Å²) in [6, 6.07) is 2.85. The number of hydrogen-bond acceptors (Lipinski definition) is 7. The average molecular weight is 593 g/mol. The first-order valence-corrected chi connectivity index (χ1v) is 13.4. The summed E-state index contributed by atoms with van der Waals surface area (Å²) in [6.45, 7) is 0.110. The summed E-state index contributed by atoms with van der Waals surface area (Å²) in [4.78, 5) is 15.9. The lowest BCUT2D eigenvalue weighted by molar-refractivity contribution is -0.141. The van der Waals surface area contributed by atoms with Crippen LogP contribution in [0.5, 0.6) is 0 Å². The third-order valence-corrected chi connectivity index (χ3v) is 8.47. The van der Waals surface area contributed by atoms with Gasteiger partial charge in [-0.1, -0.05) is 13.0 Å². The molecule has 9 nitrogen and oxygen atoms in total. The number of nitrogens with one attached hydrogen (secondary N) is 3. The van der Waals surface area contributed by atoms with E-state index in [0.29, 0.717) is 10.4 Å². The number of benzene rings is 1. The second kappa shape index (κ2) is 12.0. The number of nitrogens with zero attached hydrogens (tertiary/aromatic N) is 3. The van der Waals surface area contributed by atoms with Crippen LogP contribution in [0.15, 0.2) is 52.6 Å². The molecule has 3 N–H and O–H groups in total. The smallest absolute Gasteiger partial charge is 0.349 e. The van der Waals surface area contributed by atoms with E-state index in [1.165, 1.54) is 6.92 Å². The van der Waals surface area contributed by atoms with Crippen molar-refractivity contribution in [3.8, 4) is 0 Å². The summed E-state index contributed by atoms with van der Waals surface area (Å²) < 4.78 is 108. The van der Waals surface area contributed by atoms with Gasteiger partial charge in [0.25, 0.3) is 5.92 Å². The molecule has 3 atom stereocenters. The fraction of sp³-hybridized carbons (Fsp3) is 0.458. The highest BCUT2D eigenvalue weighted by molar-refractivity contribution is 7.89. The van der Waals surface area contributed by atoms with E-state index < -0.39 is 83.5 Å². The standard InChI is InChI=1S/C24H26F6N6O3S/c1-2-23(26,27)15-9-20(36(13-15)40(38,39)18-6-4-16(25)5-7-18)22(37)34-12-17(31)10-19(35-32)14-3-8-21(33-11-14)24(28,29)30/h3-8,11,15,19-20,31-32H,2,9-10,12-13H2,1H3,(H,34,37). The molecule has 40 heavy (non-hydrogen) atoms. The second-order valence-electron chi connectivity index (χ2n) is 9.24. The van der Waals surface area contributed by atoms with Gasteiger partial charge in [0, 0.05) is 37.2 Å². The Morgan fingerprint density at radius 1 is 1.18 bits per heavy atom. The van der Waals surface area contributed by atoms with Crippen LogP contribution in [0.2, 0.25) is 0 Å². The van der Waals surface area contributed by atoms with Crippen LogP contribution in [0.4, 0.5) is 26.3 Å². The first kappa shape index (κ1) is 31.1. The van der Waals surface area contributed by atoms with Crippen LogP contribution in [-0.2, 0) is 21.0 Å². The minimum absolute atomic E-state index is 0.121. The van der Waals surface area contributed by atoms with Crippen LogP contribution < -0.4 is 5.32 Å². The van der Waals surface area contributed by atoms with E-state index in [4.69, 9.17) is 10.9 Å². The van der Waals surface area contributed by atoms with E-state index in [9.17, 15) is 39.6 Å². The highest BCUT2D eigenvalue weighted by atomic mass is 32.2. The molecule has 2 heterocycles. The molecule has 1 amide bonds.